The summed E-state index contributed by atoms with van der Waals surface area (Å²) in [7, 11) is 0. The number of ether oxygens (including phenoxy) is 2. The van der Waals surface area contributed by atoms with E-state index in [-0.39, 0.29) is 29.8 Å². The lowest BCUT2D eigenvalue weighted by Gasteiger charge is -2.60. The molecule has 0 aromatic rings. The third-order valence-electron chi connectivity index (χ3n) is 9.26. The highest BCUT2D eigenvalue weighted by Gasteiger charge is 2.67. The van der Waals surface area contributed by atoms with Crippen LogP contribution in [0.1, 0.15) is 52.4 Å². The van der Waals surface area contributed by atoms with Crippen molar-refractivity contribution in [3.63, 3.8) is 0 Å². The molecule has 5 nitrogen and oxygen atoms in total. The molecule has 152 valence electrons. The van der Waals surface area contributed by atoms with Gasteiger partial charge in [0.15, 0.2) is 0 Å². The molecular weight excluding hydrogens is 344 g/mol. The van der Waals surface area contributed by atoms with Crippen LogP contribution >= 0.6 is 0 Å². The fourth-order valence-corrected chi connectivity index (χ4v) is 8.03. The van der Waals surface area contributed by atoms with E-state index in [2.05, 4.69) is 13.8 Å². The van der Waals surface area contributed by atoms with Gasteiger partial charge < -0.3 is 19.7 Å². The maximum Gasteiger partial charge on any atom is 0.144 e. The number of fused-ring (bicyclic) bond motifs is 6. The van der Waals surface area contributed by atoms with E-state index in [9.17, 15) is 9.90 Å². The number of carbonyl (C=O) groups is 1. The zero-order chi connectivity index (χ0) is 19.0. The lowest BCUT2D eigenvalue weighted by molar-refractivity contribution is -0.166. The second-order valence-corrected chi connectivity index (χ2v) is 10.5. The number of epoxide rings is 1. The van der Waals surface area contributed by atoms with Crippen LogP contribution in [0.4, 0.5) is 0 Å². The summed E-state index contributed by atoms with van der Waals surface area (Å²) in [6, 6.07) is 0. The number of hydrogen-bond acceptors (Lipinski definition) is 5. The van der Waals surface area contributed by atoms with Gasteiger partial charge >= 0.3 is 0 Å². The van der Waals surface area contributed by atoms with Crippen molar-refractivity contribution in [2.75, 3.05) is 19.8 Å². The van der Waals surface area contributed by atoms with Crippen molar-refractivity contribution < 1.29 is 24.5 Å². The standard InChI is InChI=1S/C22H34O5/c1-21-10-18-17(27-18)8-13(21)3-4-14-15-7-12(11-26-6-5-23)20(25)22(15,2)9-16(24)19(14)21/h12-19,23-24H,3-11H2,1-2H3. The number of hydrogen-bond donors (Lipinski definition) is 2. The molecule has 0 aromatic heterocycles. The normalized spacial score (nSPS) is 56.1. The SMILES string of the molecule is CC12CC(O)C3C(CCC4CC5OC5CC43C)C1CC(COCCO)C2=O. The molecule has 0 spiro atoms. The van der Waals surface area contributed by atoms with Crippen molar-refractivity contribution in [3.05, 3.63) is 0 Å². The first-order valence-electron chi connectivity index (χ1n) is 10.9. The Hall–Kier alpha value is -0.490. The molecule has 5 heteroatoms. The average molecular weight is 379 g/mol. The maximum absolute atomic E-state index is 13.2. The lowest BCUT2D eigenvalue weighted by Crippen LogP contribution is -2.59. The highest BCUT2D eigenvalue weighted by atomic mass is 16.6. The van der Waals surface area contributed by atoms with Crippen LogP contribution in [0.3, 0.4) is 0 Å². The van der Waals surface area contributed by atoms with Crippen molar-refractivity contribution in [3.8, 4) is 0 Å². The first-order chi connectivity index (χ1) is 12.9. The molecule has 0 aromatic carbocycles. The Kier molecular flexibility index (Phi) is 4.29. The first kappa shape index (κ1) is 18.5. The number of ketones is 1. The van der Waals surface area contributed by atoms with Gasteiger partial charge in [-0.1, -0.05) is 13.8 Å². The largest absolute Gasteiger partial charge is 0.394 e. The molecule has 0 radical (unpaired) electrons. The van der Waals surface area contributed by atoms with Crippen molar-refractivity contribution >= 4 is 5.78 Å². The molecule has 1 heterocycles. The highest BCUT2D eigenvalue weighted by Crippen LogP contribution is 2.67. The van der Waals surface area contributed by atoms with Crippen LogP contribution in [0.15, 0.2) is 0 Å². The van der Waals surface area contributed by atoms with E-state index in [1.165, 1.54) is 6.42 Å². The molecule has 0 amide bonds. The number of aliphatic hydroxyl groups excluding tert-OH is 2. The van der Waals surface area contributed by atoms with Crippen molar-refractivity contribution in [1.29, 1.82) is 0 Å². The number of carbonyl (C=O) groups excluding carboxylic acids is 1. The molecule has 5 aliphatic rings. The molecule has 10 atom stereocenters. The molecule has 27 heavy (non-hydrogen) atoms. The van der Waals surface area contributed by atoms with Gasteiger partial charge in [-0.3, -0.25) is 4.79 Å². The summed E-state index contributed by atoms with van der Waals surface area (Å²) in [5.74, 6) is 1.94. The topological polar surface area (TPSA) is 79.3 Å². The molecule has 2 N–H and O–H groups in total. The predicted molar refractivity (Wildman–Crippen MR) is 98.9 cm³/mol. The molecule has 5 rings (SSSR count). The van der Waals surface area contributed by atoms with Crippen molar-refractivity contribution in [2.24, 2.45) is 40.4 Å². The number of Topliss-reactive ketones (excluding diaryl/α,β-unsaturated/α-hetero) is 1. The van der Waals surface area contributed by atoms with E-state index in [1.807, 2.05) is 0 Å². The first-order valence-corrected chi connectivity index (χ1v) is 10.9. The van der Waals surface area contributed by atoms with Crippen LogP contribution in [0.2, 0.25) is 0 Å². The summed E-state index contributed by atoms with van der Waals surface area (Å²) in [6.07, 6.45) is 6.59. The summed E-state index contributed by atoms with van der Waals surface area (Å²) < 4.78 is 11.4. The fraction of sp³-hybridized carbons (Fsp3) is 0.955. The van der Waals surface area contributed by atoms with Crippen LogP contribution in [0.5, 0.6) is 0 Å². The van der Waals surface area contributed by atoms with Gasteiger partial charge in [0.2, 0.25) is 0 Å². The Labute approximate surface area is 161 Å². The van der Waals surface area contributed by atoms with Gasteiger partial charge in [0, 0.05) is 11.3 Å². The summed E-state index contributed by atoms with van der Waals surface area (Å²) in [5, 5.41) is 20.2. The Morgan fingerprint density at radius 2 is 2.00 bits per heavy atom. The average Bonchev–Trinajstić information content (AvgIpc) is 3.31. The Morgan fingerprint density at radius 3 is 2.78 bits per heavy atom. The zero-order valence-corrected chi connectivity index (χ0v) is 16.6. The van der Waals surface area contributed by atoms with E-state index >= 15 is 0 Å². The zero-order valence-electron chi connectivity index (χ0n) is 16.6. The summed E-state index contributed by atoms with van der Waals surface area (Å²) in [4.78, 5) is 13.2. The predicted octanol–water partition coefficient (Wildman–Crippen LogP) is 2.18. The molecule has 5 fully saturated rings. The summed E-state index contributed by atoms with van der Waals surface area (Å²) >= 11 is 0. The van der Waals surface area contributed by atoms with Gasteiger partial charge in [0.25, 0.3) is 0 Å². The third-order valence-corrected chi connectivity index (χ3v) is 9.26. The highest BCUT2D eigenvalue weighted by molar-refractivity contribution is 5.89. The molecule has 1 aliphatic heterocycles. The van der Waals surface area contributed by atoms with E-state index in [0.717, 1.165) is 25.7 Å². The van der Waals surface area contributed by atoms with Crippen LogP contribution in [0, 0.1) is 40.4 Å². The fourth-order valence-electron chi connectivity index (χ4n) is 8.03. The van der Waals surface area contributed by atoms with Crippen LogP contribution in [0.25, 0.3) is 0 Å². The van der Waals surface area contributed by atoms with E-state index in [0.29, 0.717) is 55.5 Å². The Balaban J connectivity index is 1.41. The van der Waals surface area contributed by atoms with Gasteiger partial charge in [0.1, 0.15) is 5.78 Å². The molecule has 4 saturated carbocycles. The summed E-state index contributed by atoms with van der Waals surface area (Å²) in [6.45, 7) is 5.20. The van der Waals surface area contributed by atoms with Crippen molar-refractivity contribution in [1.82, 2.24) is 0 Å². The molecular formula is C22H34O5. The monoisotopic (exact) mass is 378 g/mol. The quantitative estimate of drug-likeness (QED) is 0.579. The molecule has 0 bridgehead atoms. The minimum atomic E-state index is -0.412. The maximum atomic E-state index is 13.2. The molecule has 4 aliphatic carbocycles. The summed E-state index contributed by atoms with van der Waals surface area (Å²) in [5.41, 5.74) is -0.264. The van der Waals surface area contributed by atoms with Gasteiger partial charge in [-0.2, -0.15) is 0 Å². The molecule has 10 unspecified atom stereocenters. The third kappa shape index (κ3) is 2.61. The second kappa shape index (κ2) is 6.25. The minimum Gasteiger partial charge on any atom is -0.394 e. The van der Waals surface area contributed by atoms with E-state index in [1.54, 1.807) is 0 Å². The second-order valence-electron chi connectivity index (χ2n) is 10.5. The Morgan fingerprint density at radius 1 is 1.19 bits per heavy atom. The number of rotatable bonds is 4. The van der Waals surface area contributed by atoms with Crippen LogP contribution in [-0.4, -0.2) is 54.1 Å². The molecule has 1 saturated heterocycles. The van der Waals surface area contributed by atoms with E-state index in [4.69, 9.17) is 14.6 Å². The van der Waals surface area contributed by atoms with Crippen LogP contribution < -0.4 is 0 Å². The Bertz CT molecular complexity index is 622. The van der Waals surface area contributed by atoms with Gasteiger partial charge in [0.05, 0.1) is 38.1 Å². The van der Waals surface area contributed by atoms with Crippen LogP contribution in [-0.2, 0) is 14.3 Å². The van der Waals surface area contributed by atoms with E-state index < -0.39 is 5.41 Å². The smallest absolute Gasteiger partial charge is 0.144 e. The minimum absolute atomic E-state index is 0.00497. The van der Waals surface area contributed by atoms with Gasteiger partial charge in [-0.15, -0.1) is 0 Å². The van der Waals surface area contributed by atoms with Gasteiger partial charge in [-0.25, -0.2) is 0 Å². The lowest BCUT2D eigenvalue weighted by atomic mass is 9.44. The number of aliphatic hydroxyl groups is 2. The van der Waals surface area contributed by atoms with Gasteiger partial charge in [-0.05, 0) is 67.6 Å². The van der Waals surface area contributed by atoms with Crippen molar-refractivity contribution in [2.45, 2.75) is 70.7 Å².